The zero-order valence-corrected chi connectivity index (χ0v) is 39.4. The lowest BCUT2D eigenvalue weighted by atomic mass is 9.82. The van der Waals surface area contributed by atoms with E-state index in [0.717, 1.165) is 44.9 Å². The molecule has 0 fully saturated rings. The van der Waals surface area contributed by atoms with Crippen LogP contribution in [0.25, 0.3) is 122 Å². The SMILES string of the molecule is CC1(C)c2ccccc2-c2cc3c4cc(-c5ccc6c(c5)c5ccccc5n6-c5cc(-c6ccccc6)cc(-c6ccccc6)c5)ccc4n(-c4cc(-c5ccccc5)nc(-c5ccccc5)n4)c3cc21. The molecule has 0 spiro atoms. The second-order valence-electron chi connectivity index (χ2n) is 19.4. The maximum absolute atomic E-state index is 5.41. The van der Waals surface area contributed by atoms with Gasteiger partial charge in [-0.1, -0.05) is 190 Å². The predicted octanol–water partition coefficient (Wildman–Crippen LogP) is 17.3. The van der Waals surface area contributed by atoms with Crippen LogP contribution >= 0.6 is 0 Å². The zero-order valence-electron chi connectivity index (χ0n) is 39.4. The topological polar surface area (TPSA) is 35.6 Å². The van der Waals surface area contributed by atoms with E-state index in [0.29, 0.717) is 5.82 Å². The van der Waals surface area contributed by atoms with Gasteiger partial charge in [0.05, 0.1) is 27.8 Å². The second-order valence-corrected chi connectivity index (χ2v) is 19.4. The number of rotatable bonds is 7. The largest absolute Gasteiger partial charge is 0.309 e. The van der Waals surface area contributed by atoms with Gasteiger partial charge >= 0.3 is 0 Å². The van der Waals surface area contributed by atoms with Crippen molar-refractivity contribution in [1.82, 2.24) is 19.1 Å². The molecule has 334 valence electrons. The number of fused-ring (bicyclic) bond motifs is 9. The fraction of sp³-hybridized carbons (Fsp3) is 0.0448. The highest BCUT2D eigenvalue weighted by Gasteiger charge is 2.36. The van der Waals surface area contributed by atoms with Crippen molar-refractivity contribution >= 4 is 43.6 Å². The van der Waals surface area contributed by atoms with Crippen molar-refractivity contribution in [3.8, 4) is 78.7 Å². The molecular formula is C67H46N4. The monoisotopic (exact) mass is 906 g/mol. The van der Waals surface area contributed by atoms with E-state index in [-0.39, 0.29) is 5.41 Å². The van der Waals surface area contributed by atoms with Gasteiger partial charge in [0.25, 0.3) is 0 Å². The van der Waals surface area contributed by atoms with Gasteiger partial charge < -0.3 is 4.57 Å². The molecule has 3 heterocycles. The van der Waals surface area contributed by atoms with Crippen LogP contribution < -0.4 is 0 Å². The van der Waals surface area contributed by atoms with Gasteiger partial charge in [-0.25, -0.2) is 9.97 Å². The number of benzene rings is 10. The van der Waals surface area contributed by atoms with E-state index in [1.807, 2.05) is 6.07 Å². The van der Waals surface area contributed by atoms with Crippen LogP contribution in [0.15, 0.2) is 243 Å². The molecule has 3 aromatic heterocycles. The van der Waals surface area contributed by atoms with Crippen LogP contribution in [0.3, 0.4) is 0 Å². The fourth-order valence-corrected chi connectivity index (χ4v) is 11.4. The van der Waals surface area contributed by atoms with E-state index in [1.54, 1.807) is 0 Å². The minimum absolute atomic E-state index is 0.177. The van der Waals surface area contributed by atoms with Gasteiger partial charge in [0.15, 0.2) is 5.82 Å². The summed E-state index contributed by atoms with van der Waals surface area (Å²) < 4.78 is 4.82. The number of para-hydroxylation sites is 1. The maximum atomic E-state index is 5.41. The summed E-state index contributed by atoms with van der Waals surface area (Å²) in [6.45, 7) is 4.71. The van der Waals surface area contributed by atoms with E-state index in [2.05, 4.69) is 260 Å². The van der Waals surface area contributed by atoms with Gasteiger partial charge in [-0.3, -0.25) is 4.57 Å². The van der Waals surface area contributed by atoms with Crippen molar-refractivity contribution < 1.29 is 0 Å². The first-order valence-electron chi connectivity index (χ1n) is 24.5. The summed E-state index contributed by atoms with van der Waals surface area (Å²) >= 11 is 0. The van der Waals surface area contributed by atoms with Crippen molar-refractivity contribution in [2.45, 2.75) is 19.3 Å². The molecule has 4 nitrogen and oxygen atoms in total. The second kappa shape index (κ2) is 16.0. The first-order valence-corrected chi connectivity index (χ1v) is 24.5. The lowest BCUT2D eigenvalue weighted by Crippen LogP contribution is -2.15. The predicted molar refractivity (Wildman–Crippen MR) is 295 cm³/mol. The zero-order chi connectivity index (χ0) is 47.2. The Bertz CT molecular complexity index is 4110. The van der Waals surface area contributed by atoms with Crippen molar-refractivity contribution in [1.29, 1.82) is 0 Å². The van der Waals surface area contributed by atoms with Gasteiger partial charge in [0.2, 0.25) is 0 Å². The molecular weight excluding hydrogens is 861 g/mol. The minimum Gasteiger partial charge on any atom is -0.309 e. The molecule has 71 heavy (non-hydrogen) atoms. The standard InChI is InChI=1S/C67H46N4/c1-67(2)58-29-17-15-27-52(58)54-40-57-56-39-48(32-34-63(56)71(64(57)41-59(54)67)65-42-60(45-23-11-5-12-24-45)68-66(69-65)46-25-13-6-14-26-46)47-31-33-62-55(38-47)53-28-16-18-30-61(53)70(62)51-36-49(43-19-7-3-8-20-43)35-50(37-51)44-21-9-4-10-22-44/h3-42H,1-2H3. The van der Waals surface area contributed by atoms with Gasteiger partial charge in [0.1, 0.15) is 5.82 Å². The molecule has 0 radical (unpaired) electrons. The maximum Gasteiger partial charge on any atom is 0.162 e. The van der Waals surface area contributed by atoms with E-state index in [1.165, 1.54) is 82.6 Å². The van der Waals surface area contributed by atoms with Crippen LogP contribution in [0.4, 0.5) is 0 Å². The number of nitrogens with zero attached hydrogens (tertiary/aromatic N) is 4. The van der Waals surface area contributed by atoms with E-state index < -0.39 is 0 Å². The Morgan fingerprint density at radius 3 is 1.49 bits per heavy atom. The molecule has 1 aliphatic rings. The summed E-state index contributed by atoms with van der Waals surface area (Å²) in [5.41, 5.74) is 20.8. The molecule has 0 unspecified atom stereocenters. The third-order valence-corrected chi connectivity index (χ3v) is 14.9. The molecule has 10 aromatic carbocycles. The van der Waals surface area contributed by atoms with Crippen molar-refractivity contribution in [3.05, 3.63) is 254 Å². The number of hydrogen-bond donors (Lipinski definition) is 0. The molecule has 4 heteroatoms. The lowest BCUT2D eigenvalue weighted by Gasteiger charge is -2.21. The molecule has 0 N–H and O–H groups in total. The average Bonchev–Trinajstić information content (AvgIpc) is 4.03. The Kier molecular flexibility index (Phi) is 9.21. The minimum atomic E-state index is -0.177. The Morgan fingerprint density at radius 2 is 0.831 bits per heavy atom. The quantitative estimate of drug-likeness (QED) is 0.160. The normalized spacial score (nSPS) is 12.8. The summed E-state index contributed by atoms with van der Waals surface area (Å²) in [7, 11) is 0. The highest BCUT2D eigenvalue weighted by molar-refractivity contribution is 6.14. The molecule has 0 atom stereocenters. The molecule has 0 bridgehead atoms. The van der Waals surface area contributed by atoms with Gasteiger partial charge in [-0.05, 0) is 116 Å². The highest BCUT2D eigenvalue weighted by Crippen LogP contribution is 2.51. The Labute approximate surface area is 412 Å². The molecule has 0 saturated carbocycles. The van der Waals surface area contributed by atoms with Gasteiger partial charge in [-0.15, -0.1) is 0 Å². The summed E-state index contributed by atoms with van der Waals surface area (Å²) in [5, 5.41) is 4.81. The van der Waals surface area contributed by atoms with Crippen LogP contribution in [-0.2, 0) is 5.41 Å². The van der Waals surface area contributed by atoms with E-state index in [9.17, 15) is 0 Å². The number of aromatic nitrogens is 4. The summed E-state index contributed by atoms with van der Waals surface area (Å²) in [4.78, 5) is 10.6. The van der Waals surface area contributed by atoms with Gasteiger partial charge in [0, 0.05) is 49.8 Å². The van der Waals surface area contributed by atoms with Crippen LogP contribution in [0.5, 0.6) is 0 Å². The first kappa shape index (κ1) is 40.9. The summed E-state index contributed by atoms with van der Waals surface area (Å²) in [5.74, 6) is 1.53. The molecule has 0 saturated heterocycles. The fourth-order valence-electron chi connectivity index (χ4n) is 11.4. The van der Waals surface area contributed by atoms with Crippen LogP contribution in [0.1, 0.15) is 25.0 Å². The van der Waals surface area contributed by atoms with Crippen molar-refractivity contribution in [3.63, 3.8) is 0 Å². The summed E-state index contributed by atoms with van der Waals surface area (Å²) in [6.07, 6.45) is 0. The van der Waals surface area contributed by atoms with Crippen molar-refractivity contribution in [2.75, 3.05) is 0 Å². The molecule has 13 aromatic rings. The highest BCUT2D eigenvalue weighted by atomic mass is 15.1. The Hall–Kier alpha value is -9.12. The van der Waals surface area contributed by atoms with Crippen LogP contribution in [0.2, 0.25) is 0 Å². The number of hydrogen-bond acceptors (Lipinski definition) is 2. The Morgan fingerprint density at radius 1 is 0.310 bits per heavy atom. The molecule has 0 amide bonds. The lowest BCUT2D eigenvalue weighted by molar-refractivity contribution is 0.661. The van der Waals surface area contributed by atoms with Crippen LogP contribution in [0, 0.1) is 0 Å². The third kappa shape index (κ3) is 6.60. The van der Waals surface area contributed by atoms with E-state index in [4.69, 9.17) is 9.97 Å². The molecule has 0 aliphatic heterocycles. The smallest absolute Gasteiger partial charge is 0.162 e. The molecule has 1 aliphatic carbocycles. The first-order chi connectivity index (χ1) is 34.9. The van der Waals surface area contributed by atoms with Crippen LogP contribution in [-0.4, -0.2) is 19.1 Å². The van der Waals surface area contributed by atoms with Gasteiger partial charge in [-0.2, -0.15) is 0 Å². The average molecular weight is 907 g/mol. The molecule has 14 rings (SSSR count). The van der Waals surface area contributed by atoms with Crippen molar-refractivity contribution in [2.24, 2.45) is 0 Å². The Balaban J connectivity index is 0.986. The third-order valence-electron chi connectivity index (χ3n) is 14.9. The summed E-state index contributed by atoms with van der Waals surface area (Å²) in [6, 6.07) is 88.0. The van der Waals surface area contributed by atoms with E-state index >= 15 is 0 Å².